The molecule has 1 aliphatic rings. The van der Waals surface area contributed by atoms with Crippen molar-refractivity contribution in [1.29, 1.82) is 0 Å². The minimum atomic E-state index is 0.111. The van der Waals surface area contributed by atoms with Crippen LogP contribution >= 0.6 is 11.6 Å². The molecule has 0 radical (unpaired) electrons. The number of benzene rings is 1. The zero-order valence-corrected chi connectivity index (χ0v) is 11.8. The van der Waals surface area contributed by atoms with Crippen molar-refractivity contribution in [2.75, 3.05) is 13.1 Å². The third-order valence-electron chi connectivity index (χ3n) is 3.40. The van der Waals surface area contributed by atoms with Gasteiger partial charge in [0.1, 0.15) is 0 Å². The third kappa shape index (κ3) is 2.67. The number of carbonyl (C=O) groups excluding carboxylic acids is 1. The van der Waals surface area contributed by atoms with Gasteiger partial charge in [0.25, 0.3) is 0 Å². The van der Waals surface area contributed by atoms with Crippen molar-refractivity contribution in [2.24, 2.45) is 0 Å². The predicted octanol–water partition coefficient (Wildman–Crippen LogP) is 2.20. The van der Waals surface area contributed by atoms with Crippen LogP contribution in [0.15, 0.2) is 28.8 Å². The van der Waals surface area contributed by atoms with Crippen molar-refractivity contribution in [2.45, 2.75) is 19.3 Å². The Morgan fingerprint density at radius 1 is 1.40 bits per heavy atom. The van der Waals surface area contributed by atoms with Crippen molar-refractivity contribution >= 4 is 17.5 Å². The van der Waals surface area contributed by atoms with Crippen LogP contribution in [0.25, 0.3) is 0 Å². The van der Waals surface area contributed by atoms with E-state index in [9.17, 15) is 4.79 Å². The molecule has 2 heterocycles. The van der Waals surface area contributed by atoms with Gasteiger partial charge >= 0.3 is 0 Å². The second kappa shape index (κ2) is 5.25. The van der Waals surface area contributed by atoms with Crippen LogP contribution in [0.3, 0.4) is 0 Å². The predicted molar refractivity (Wildman–Crippen MR) is 73.5 cm³/mol. The first kappa shape index (κ1) is 13.1. The number of hydrogen-bond donors (Lipinski definition) is 0. The molecule has 5 nitrogen and oxygen atoms in total. The number of halogens is 1. The smallest absolute Gasteiger partial charge is 0.233 e. The van der Waals surface area contributed by atoms with Crippen LogP contribution < -0.4 is 0 Å². The lowest BCUT2D eigenvalue weighted by Crippen LogP contribution is -2.49. The van der Waals surface area contributed by atoms with E-state index in [0.717, 1.165) is 5.56 Å². The molecular weight excluding hydrogens is 278 g/mol. The Balaban J connectivity index is 1.54. The molecule has 0 atom stereocenters. The Kier molecular flexibility index (Phi) is 3.44. The molecule has 0 unspecified atom stereocenters. The van der Waals surface area contributed by atoms with E-state index >= 15 is 0 Å². The highest BCUT2D eigenvalue weighted by Crippen LogP contribution is 2.26. The average Bonchev–Trinajstić information content (AvgIpc) is 2.77. The second-order valence-electron chi connectivity index (χ2n) is 4.98. The Bertz CT molecular complexity index is 618. The highest BCUT2D eigenvalue weighted by molar-refractivity contribution is 6.30. The van der Waals surface area contributed by atoms with E-state index in [2.05, 4.69) is 10.1 Å². The summed E-state index contributed by atoms with van der Waals surface area (Å²) in [5, 5.41) is 4.44. The largest absolute Gasteiger partial charge is 0.341 e. The summed E-state index contributed by atoms with van der Waals surface area (Å²) in [5.74, 6) is 1.54. The minimum Gasteiger partial charge on any atom is -0.341 e. The number of amides is 1. The normalized spacial score (nSPS) is 15.2. The molecule has 20 heavy (non-hydrogen) atoms. The summed E-state index contributed by atoms with van der Waals surface area (Å²) in [7, 11) is 0. The third-order valence-corrected chi connectivity index (χ3v) is 3.65. The molecule has 1 amide bonds. The quantitative estimate of drug-likeness (QED) is 0.870. The Morgan fingerprint density at radius 2 is 2.10 bits per heavy atom. The molecular formula is C14H14ClN3O2. The maximum absolute atomic E-state index is 12.1. The van der Waals surface area contributed by atoms with Gasteiger partial charge in [0.2, 0.25) is 11.8 Å². The van der Waals surface area contributed by atoms with Crippen LogP contribution in [0.5, 0.6) is 0 Å². The zero-order valence-electron chi connectivity index (χ0n) is 11.0. The molecule has 0 bridgehead atoms. The number of likely N-dealkylation sites (tertiary alicyclic amines) is 1. The fourth-order valence-electron chi connectivity index (χ4n) is 2.21. The zero-order chi connectivity index (χ0) is 14.1. The standard InChI is InChI=1S/C14H14ClN3O2/c1-9-16-14(20-17-9)11-7-18(8-11)13(19)6-10-2-4-12(15)5-3-10/h2-5,11H,6-8H2,1H3. The van der Waals surface area contributed by atoms with Gasteiger partial charge in [0.05, 0.1) is 12.3 Å². The SMILES string of the molecule is Cc1noc(C2CN(C(=O)Cc3ccc(Cl)cc3)C2)n1. The van der Waals surface area contributed by atoms with Crippen LogP contribution in [0.1, 0.15) is 23.2 Å². The lowest BCUT2D eigenvalue weighted by Gasteiger charge is -2.37. The van der Waals surface area contributed by atoms with Gasteiger partial charge in [0, 0.05) is 18.1 Å². The highest BCUT2D eigenvalue weighted by atomic mass is 35.5. The average molecular weight is 292 g/mol. The molecule has 0 N–H and O–H groups in total. The van der Waals surface area contributed by atoms with Gasteiger partial charge in [-0.2, -0.15) is 4.98 Å². The molecule has 1 saturated heterocycles. The topological polar surface area (TPSA) is 59.2 Å². The maximum atomic E-state index is 12.1. The lowest BCUT2D eigenvalue weighted by molar-refractivity contribution is -0.135. The molecule has 0 spiro atoms. The van der Waals surface area contributed by atoms with Crippen molar-refractivity contribution in [3.8, 4) is 0 Å². The van der Waals surface area contributed by atoms with Crippen LogP contribution in [0.2, 0.25) is 5.02 Å². The van der Waals surface area contributed by atoms with Crippen LogP contribution in [-0.2, 0) is 11.2 Å². The van der Waals surface area contributed by atoms with E-state index in [0.29, 0.717) is 36.2 Å². The summed E-state index contributed by atoms with van der Waals surface area (Å²) in [4.78, 5) is 18.1. The second-order valence-corrected chi connectivity index (χ2v) is 5.42. The number of nitrogens with zero attached hydrogens (tertiary/aromatic N) is 3. The molecule has 2 aromatic rings. The highest BCUT2D eigenvalue weighted by Gasteiger charge is 2.35. The van der Waals surface area contributed by atoms with E-state index < -0.39 is 0 Å². The maximum Gasteiger partial charge on any atom is 0.233 e. The van der Waals surface area contributed by atoms with Gasteiger partial charge in [-0.15, -0.1) is 0 Å². The summed E-state index contributed by atoms with van der Waals surface area (Å²) < 4.78 is 5.11. The van der Waals surface area contributed by atoms with Crippen molar-refractivity contribution in [3.05, 3.63) is 46.6 Å². The van der Waals surface area contributed by atoms with Gasteiger partial charge < -0.3 is 9.42 Å². The molecule has 0 aliphatic carbocycles. The Hall–Kier alpha value is -1.88. The molecule has 3 rings (SSSR count). The lowest BCUT2D eigenvalue weighted by atomic mass is 9.99. The van der Waals surface area contributed by atoms with Crippen molar-refractivity contribution in [1.82, 2.24) is 15.0 Å². The number of rotatable bonds is 3. The monoisotopic (exact) mass is 291 g/mol. The van der Waals surface area contributed by atoms with E-state index in [1.807, 2.05) is 12.1 Å². The van der Waals surface area contributed by atoms with Crippen LogP contribution in [0.4, 0.5) is 0 Å². The molecule has 1 aromatic carbocycles. The van der Waals surface area contributed by atoms with Gasteiger partial charge in [0.15, 0.2) is 5.82 Å². The fourth-order valence-corrected chi connectivity index (χ4v) is 2.33. The van der Waals surface area contributed by atoms with E-state index in [1.165, 1.54) is 0 Å². The van der Waals surface area contributed by atoms with Gasteiger partial charge in [-0.05, 0) is 24.6 Å². The van der Waals surface area contributed by atoms with E-state index in [1.54, 1.807) is 24.0 Å². The summed E-state index contributed by atoms with van der Waals surface area (Å²) in [6.07, 6.45) is 0.396. The molecule has 1 aromatic heterocycles. The molecule has 6 heteroatoms. The van der Waals surface area contributed by atoms with Gasteiger partial charge in [-0.25, -0.2) is 0 Å². The van der Waals surface area contributed by atoms with E-state index in [-0.39, 0.29) is 11.8 Å². The molecule has 1 fully saturated rings. The van der Waals surface area contributed by atoms with Crippen LogP contribution in [0, 0.1) is 6.92 Å². The summed E-state index contributed by atoms with van der Waals surface area (Å²) in [6.45, 7) is 3.08. The summed E-state index contributed by atoms with van der Waals surface area (Å²) in [6, 6.07) is 7.34. The molecule has 1 aliphatic heterocycles. The first-order valence-electron chi connectivity index (χ1n) is 6.44. The van der Waals surface area contributed by atoms with Crippen molar-refractivity contribution < 1.29 is 9.32 Å². The first-order valence-corrected chi connectivity index (χ1v) is 6.82. The number of aryl methyl sites for hydroxylation is 1. The minimum absolute atomic E-state index is 0.111. The van der Waals surface area contributed by atoms with E-state index in [4.69, 9.17) is 16.1 Å². The first-order chi connectivity index (χ1) is 9.61. The van der Waals surface area contributed by atoms with Gasteiger partial charge in [-0.1, -0.05) is 28.9 Å². The van der Waals surface area contributed by atoms with Gasteiger partial charge in [-0.3, -0.25) is 4.79 Å². The summed E-state index contributed by atoms with van der Waals surface area (Å²) in [5.41, 5.74) is 0.969. The number of aromatic nitrogens is 2. The molecule has 0 saturated carbocycles. The van der Waals surface area contributed by atoms with Crippen molar-refractivity contribution in [3.63, 3.8) is 0 Å². The fraction of sp³-hybridized carbons (Fsp3) is 0.357. The number of hydrogen-bond acceptors (Lipinski definition) is 4. The Labute approximate surface area is 121 Å². The Morgan fingerprint density at radius 3 is 2.70 bits per heavy atom. The van der Waals surface area contributed by atoms with Crippen LogP contribution in [-0.4, -0.2) is 34.0 Å². The molecule has 104 valence electrons. The summed E-state index contributed by atoms with van der Waals surface area (Å²) >= 11 is 5.82. The number of carbonyl (C=O) groups is 1.